The zero-order valence-electron chi connectivity index (χ0n) is 10.3. The first-order valence-corrected chi connectivity index (χ1v) is 7.68. The Bertz CT molecular complexity index is 570. The van der Waals surface area contributed by atoms with E-state index in [4.69, 9.17) is 11.6 Å². The van der Waals surface area contributed by atoms with Crippen LogP contribution in [0.3, 0.4) is 0 Å². The molecule has 0 saturated carbocycles. The minimum Gasteiger partial charge on any atom is -0.468 e. The summed E-state index contributed by atoms with van der Waals surface area (Å²) in [6.45, 7) is 0.241. The molecule has 2 atom stereocenters. The molecule has 1 N–H and O–H groups in total. The second kappa shape index (κ2) is 5.48. The summed E-state index contributed by atoms with van der Waals surface area (Å²) in [5, 5.41) is 2.72. The SMILES string of the molecule is COC(=O)[C@@H]1C[C@@H](S(=O)(=O)c2ccc(Cl)cc2)CN1. The van der Waals surface area contributed by atoms with Crippen molar-refractivity contribution in [3.63, 3.8) is 0 Å². The maximum Gasteiger partial charge on any atom is 0.322 e. The molecule has 1 aliphatic heterocycles. The number of esters is 1. The molecule has 1 aliphatic rings. The van der Waals surface area contributed by atoms with Gasteiger partial charge in [0.25, 0.3) is 0 Å². The van der Waals surface area contributed by atoms with E-state index in [1.807, 2.05) is 0 Å². The quantitative estimate of drug-likeness (QED) is 0.844. The summed E-state index contributed by atoms with van der Waals surface area (Å²) >= 11 is 5.74. The van der Waals surface area contributed by atoms with Crippen LogP contribution in [0, 0.1) is 0 Å². The molecule has 1 saturated heterocycles. The molecular formula is C12H14ClNO4S. The number of carbonyl (C=O) groups excluding carboxylic acids is 1. The highest BCUT2D eigenvalue weighted by molar-refractivity contribution is 7.92. The second-order valence-corrected chi connectivity index (χ2v) is 7.01. The number of methoxy groups -OCH3 is 1. The van der Waals surface area contributed by atoms with E-state index in [1.165, 1.54) is 31.4 Å². The van der Waals surface area contributed by atoms with Crippen LogP contribution < -0.4 is 5.32 Å². The topological polar surface area (TPSA) is 72.5 Å². The van der Waals surface area contributed by atoms with Crippen LogP contribution in [0.2, 0.25) is 5.02 Å². The van der Waals surface area contributed by atoms with Crippen LogP contribution >= 0.6 is 11.6 Å². The van der Waals surface area contributed by atoms with Gasteiger partial charge in [0.2, 0.25) is 0 Å². The van der Waals surface area contributed by atoms with Gasteiger partial charge in [-0.05, 0) is 30.7 Å². The van der Waals surface area contributed by atoms with E-state index < -0.39 is 27.1 Å². The fourth-order valence-corrected chi connectivity index (χ4v) is 3.87. The summed E-state index contributed by atoms with van der Waals surface area (Å²) in [7, 11) is -2.18. The number of ether oxygens (including phenoxy) is 1. The van der Waals surface area contributed by atoms with E-state index in [0.717, 1.165) is 0 Å². The highest BCUT2D eigenvalue weighted by Gasteiger charge is 2.38. The molecule has 1 aromatic carbocycles. The first-order valence-electron chi connectivity index (χ1n) is 5.76. The fraction of sp³-hybridized carbons (Fsp3) is 0.417. The third-order valence-corrected chi connectivity index (χ3v) is 5.58. The van der Waals surface area contributed by atoms with Gasteiger partial charge in [-0.2, -0.15) is 0 Å². The van der Waals surface area contributed by atoms with Gasteiger partial charge in [-0.25, -0.2) is 8.42 Å². The van der Waals surface area contributed by atoms with Crippen molar-refractivity contribution in [2.45, 2.75) is 22.6 Å². The molecule has 19 heavy (non-hydrogen) atoms. The number of benzene rings is 1. The van der Waals surface area contributed by atoms with Crippen molar-refractivity contribution >= 4 is 27.4 Å². The third-order valence-electron chi connectivity index (χ3n) is 3.16. The Labute approximate surface area is 116 Å². The first-order chi connectivity index (χ1) is 8.95. The van der Waals surface area contributed by atoms with Crippen LogP contribution in [-0.4, -0.2) is 39.3 Å². The molecule has 1 aromatic rings. The molecule has 0 radical (unpaired) electrons. The molecule has 7 heteroatoms. The Morgan fingerprint density at radius 2 is 2.00 bits per heavy atom. The zero-order chi connectivity index (χ0) is 14.0. The van der Waals surface area contributed by atoms with Crippen LogP contribution in [0.5, 0.6) is 0 Å². The standard InChI is InChI=1S/C12H14ClNO4S/c1-18-12(15)11-6-10(7-14-11)19(16,17)9-4-2-8(13)3-5-9/h2-5,10-11,14H,6-7H2,1H3/t10-,11+/m1/s1. The summed E-state index contributed by atoms with van der Waals surface area (Å²) in [5.74, 6) is -0.436. The Morgan fingerprint density at radius 3 is 2.58 bits per heavy atom. The lowest BCUT2D eigenvalue weighted by atomic mass is 10.2. The molecular weight excluding hydrogens is 290 g/mol. The van der Waals surface area contributed by atoms with Crippen LogP contribution in [0.15, 0.2) is 29.2 Å². The predicted molar refractivity (Wildman–Crippen MR) is 70.8 cm³/mol. The Morgan fingerprint density at radius 1 is 1.37 bits per heavy atom. The fourth-order valence-electron chi connectivity index (χ4n) is 2.08. The number of hydrogen-bond donors (Lipinski definition) is 1. The minimum absolute atomic E-state index is 0.217. The number of carbonyl (C=O) groups is 1. The predicted octanol–water partition coefficient (Wildman–Crippen LogP) is 1.02. The molecule has 104 valence electrons. The van der Waals surface area contributed by atoms with E-state index in [2.05, 4.69) is 10.1 Å². The molecule has 0 amide bonds. The van der Waals surface area contributed by atoms with Crippen molar-refractivity contribution < 1.29 is 17.9 Å². The summed E-state index contributed by atoms with van der Waals surface area (Å²) in [5.41, 5.74) is 0. The van der Waals surface area contributed by atoms with Crippen molar-refractivity contribution in [3.05, 3.63) is 29.3 Å². The maximum atomic E-state index is 12.4. The number of hydrogen-bond acceptors (Lipinski definition) is 5. The van der Waals surface area contributed by atoms with Crippen LogP contribution in [0.4, 0.5) is 0 Å². The molecule has 0 bridgehead atoms. The van der Waals surface area contributed by atoms with Gasteiger partial charge in [-0.15, -0.1) is 0 Å². The lowest BCUT2D eigenvalue weighted by Gasteiger charge is -2.11. The van der Waals surface area contributed by atoms with E-state index in [0.29, 0.717) is 5.02 Å². The molecule has 0 spiro atoms. The monoisotopic (exact) mass is 303 g/mol. The van der Waals surface area contributed by atoms with E-state index in [1.54, 1.807) is 0 Å². The van der Waals surface area contributed by atoms with Gasteiger partial charge < -0.3 is 10.1 Å². The van der Waals surface area contributed by atoms with Crippen LogP contribution in [-0.2, 0) is 19.4 Å². The second-order valence-electron chi connectivity index (χ2n) is 4.34. The first kappa shape index (κ1) is 14.3. The highest BCUT2D eigenvalue weighted by Crippen LogP contribution is 2.24. The van der Waals surface area contributed by atoms with Gasteiger partial charge in [0.15, 0.2) is 9.84 Å². The molecule has 0 unspecified atom stereocenters. The van der Waals surface area contributed by atoms with Gasteiger partial charge in [0.05, 0.1) is 17.3 Å². The minimum atomic E-state index is -3.46. The number of sulfone groups is 1. The van der Waals surface area contributed by atoms with Crippen molar-refractivity contribution in [1.29, 1.82) is 0 Å². The Hall–Kier alpha value is -1.11. The van der Waals surface area contributed by atoms with Gasteiger partial charge in [-0.3, -0.25) is 4.79 Å². The summed E-state index contributed by atoms with van der Waals surface area (Å²) in [6, 6.07) is 5.47. The van der Waals surface area contributed by atoms with Gasteiger partial charge in [0, 0.05) is 11.6 Å². The van der Waals surface area contributed by atoms with Crippen LogP contribution in [0.25, 0.3) is 0 Å². The number of rotatable bonds is 3. The number of halogens is 1. The Balaban J connectivity index is 2.18. The van der Waals surface area contributed by atoms with E-state index in [-0.39, 0.29) is 17.9 Å². The summed E-state index contributed by atoms with van der Waals surface area (Å²) < 4.78 is 29.3. The normalized spacial score (nSPS) is 23.3. The lowest BCUT2D eigenvalue weighted by Crippen LogP contribution is -2.31. The summed E-state index contributed by atoms with van der Waals surface area (Å²) in [4.78, 5) is 11.6. The van der Waals surface area contributed by atoms with Crippen molar-refractivity contribution in [1.82, 2.24) is 5.32 Å². The molecule has 1 fully saturated rings. The Kier molecular flexibility index (Phi) is 4.13. The van der Waals surface area contributed by atoms with E-state index in [9.17, 15) is 13.2 Å². The van der Waals surface area contributed by atoms with Crippen molar-refractivity contribution in [2.24, 2.45) is 0 Å². The number of nitrogens with one attached hydrogen (secondary N) is 1. The molecule has 5 nitrogen and oxygen atoms in total. The molecule has 1 heterocycles. The largest absolute Gasteiger partial charge is 0.468 e. The maximum absolute atomic E-state index is 12.4. The lowest BCUT2D eigenvalue weighted by molar-refractivity contribution is -0.142. The average molecular weight is 304 g/mol. The average Bonchev–Trinajstić information content (AvgIpc) is 2.88. The highest BCUT2D eigenvalue weighted by atomic mass is 35.5. The molecule has 0 aromatic heterocycles. The molecule has 2 rings (SSSR count). The van der Waals surface area contributed by atoms with Crippen LogP contribution in [0.1, 0.15) is 6.42 Å². The van der Waals surface area contributed by atoms with Gasteiger partial charge in [-0.1, -0.05) is 11.6 Å². The van der Waals surface area contributed by atoms with Gasteiger partial charge in [0.1, 0.15) is 6.04 Å². The smallest absolute Gasteiger partial charge is 0.322 e. The third kappa shape index (κ3) is 2.91. The molecule has 0 aliphatic carbocycles. The van der Waals surface area contributed by atoms with Crippen molar-refractivity contribution in [3.8, 4) is 0 Å². The zero-order valence-corrected chi connectivity index (χ0v) is 11.9. The summed E-state index contributed by atoms with van der Waals surface area (Å²) in [6.07, 6.45) is 0.220. The van der Waals surface area contributed by atoms with Gasteiger partial charge >= 0.3 is 5.97 Å². The van der Waals surface area contributed by atoms with Crippen molar-refractivity contribution in [2.75, 3.05) is 13.7 Å². The van der Waals surface area contributed by atoms with E-state index >= 15 is 0 Å².